The van der Waals surface area contributed by atoms with E-state index in [4.69, 9.17) is 7.12 Å². The van der Waals surface area contributed by atoms with E-state index in [1.807, 2.05) is 0 Å². The Morgan fingerprint density at radius 1 is 1.27 bits per heavy atom. The number of rotatable bonds is 3. The topological polar surface area (TPSA) is 0 Å². The van der Waals surface area contributed by atoms with E-state index >= 15 is 0 Å². The number of hydrogen-bond donors (Lipinski definition) is 0. The Hall–Kier alpha value is 0.415. The van der Waals surface area contributed by atoms with Gasteiger partial charge in [0.25, 0.3) is 0 Å². The summed E-state index contributed by atoms with van der Waals surface area (Å²) in [6.07, 6.45) is 1.21. The summed E-state index contributed by atoms with van der Waals surface area (Å²) in [6, 6.07) is 0. The first-order valence-corrected chi connectivity index (χ1v) is 5.17. The van der Waals surface area contributed by atoms with E-state index in [0.29, 0.717) is 10.7 Å². The highest BCUT2D eigenvalue weighted by Crippen LogP contribution is 2.32. The van der Waals surface area contributed by atoms with Crippen LogP contribution >= 0.6 is 11.6 Å². The summed E-state index contributed by atoms with van der Waals surface area (Å²) in [6.45, 7) is 11.2. The summed E-state index contributed by atoms with van der Waals surface area (Å²) >= 11 is 1.51. The predicted octanol–water partition coefficient (Wildman–Crippen LogP) is 3.26. The largest absolute Gasteiger partial charge is 0.223 e. The first kappa shape index (κ1) is 11.4. The van der Waals surface area contributed by atoms with Crippen molar-refractivity contribution in [1.82, 2.24) is 0 Å². The lowest BCUT2D eigenvalue weighted by atomic mass is 9.87. The maximum Gasteiger partial charge on any atom is 0.161 e. The van der Waals surface area contributed by atoms with Crippen molar-refractivity contribution in [3.05, 3.63) is 0 Å². The fraction of sp³-hybridized carbons (Fsp3) is 1.00. The molecule has 0 saturated heterocycles. The molecule has 0 aromatic carbocycles. The molecule has 0 aromatic heterocycles. The van der Waals surface area contributed by atoms with Gasteiger partial charge in [-0.2, -0.15) is 0 Å². The van der Waals surface area contributed by atoms with Crippen LogP contribution in [0.15, 0.2) is 0 Å². The van der Waals surface area contributed by atoms with Crippen molar-refractivity contribution in [1.29, 1.82) is 0 Å². The monoisotopic (exact) mass is 170 g/mol. The van der Waals surface area contributed by atoms with Gasteiger partial charge < -0.3 is 0 Å². The molecule has 0 heterocycles. The molecule has 0 amide bonds. The minimum absolute atomic E-state index is 0.337. The lowest BCUT2D eigenvalue weighted by Crippen LogP contribution is -2.24. The second kappa shape index (κ2) is 4.44. The average Bonchev–Trinajstić information content (AvgIpc) is 1.79. The van der Waals surface area contributed by atoms with Gasteiger partial charge in [0, 0.05) is 0 Å². The highest BCUT2D eigenvalue weighted by Gasteiger charge is 2.23. The van der Waals surface area contributed by atoms with E-state index < -0.39 is 0 Å². The normalized spacial score (nSPS) is 15.5. The van der Waals surface area contributed by atoms with Crippen molar-refractivity contribution in [2.75, 3.05) is 0 Å². The molecular formula is C9H19BS. The van der Waals surface area contributed by atoms with Gasteiger partial charge >= 0.3 is 0 Å². The Morgan fingerprint density at radius 2 is 1.73 bits per heavy atom. The molecule has 0 aromatic rings. The molecule has 1 atom stereocenters. The Balaban J connectivity index is 3.96. The fourth-order valence-electron chi connectivity index (χ4n) is 1.04. The molecule has 0 nitrogen and oxygen atoms in total. The Kier molecular flexibility index (Phi) is 4.61. The molecule has 0 N–H and O–H groups in total. The van der Waals surface area contributed by atoms with Crippen LogP contribution in [0.3, 0.4) is 0 Å². The Bertz CT molecular complexity index is 105. The first-order chi connectivity index (χ1) is 4.88. The van der Waals surface area contributed by atoms with Crippen molar-refractivity contribution < 1.29 is 0 Å². The van der Waals surface area contributed by atoms with Crippen LogP contribution in [0.2, 0.25) is 0 Å². The summed E-state index contributed by atoms with van der Waals surface area (Å²) in [4.78, 5) is 0. The molecule has 11 heavy (non-hydrogen) atoms. The summed E-state index contributed by atoms with van der Waals surface area (Å²) < 4.78 is 0. The highest BCUT2D eigenvalue weighted by atomic mass is 32.2. The fourth-order valence-corrected chi connectivity index (χ4v) is 1.95. The number of hydrogen-bond acceptors (Lipinski definition) is 1. The average molecular weight is 170 g/mol. The van der Waals surface area contributed by atoms with Crippen molar-refractivity contribution in [2.45, 2.75) is 46.3 Å². The van der Waals surface area contributed by atoms with Crippen molar-refractivity contribution in [2.24, 2.45) is 11.3 Å². The molecule has 0 rings (SSSR count). The van der Waals surface area contributed by atoms with Crippen LogP contribution < -0.4 is 0 Å². The molecule has 0 fully saturated rings. The van der Waals surface area contributed by atoms with E-state index in [2.05, 4.69) is 34.6 Å². The van der Waals surface area contributed by atoms with E-state index in [1.54, 1.807) is 0 Å². The quantitative estimate of drug-likeness (QED) is 0.586. The molecule has 0 spiro atoms. The van der Waals surface area contributed by atoms with Crippen LogP contribution in [-0.4, -0.2) is 12.4 Å². The van der Waals surface area contributed by atoms with Gasteiger partial charge in [-0.1, -0.05) is 34.6 Å². The molecule has 0 aliphatic heterocycles. The molecule has 0 aliphatic carbocycles. The minimum atomic E-state index is 0.337. The maximum atomic E-state index is 5.62. The smallest absolute Gasteiger partial charge is 0.161 e. The van der Waals surface area contributed by atoms with Crippen LogP contribution in [-0.2, 0) is 0 Å². The summed E-state index contributed by atoms with van der Waals surface area (Å²) in [5.74, 6) is 0.746. The Labute approximate surface area is 76.8 Å². The molecular weight excluding hydrogens is 151 g/mol. The van der Waals surface area contributed by atoms with Crippen molar-refractivity contribution in [3.8, 4) is 0 Å². The van der Waals surface area contributed by atoms with E-state index in [-0.39, 0.29) is 0 Å². The van der Waals surface area contributed by atoms with Crippen molar-refractivity contribution in [3.63, 3.8) is 0 Å². The van der Waals surface area contributed by atoms with Crippen LogP contribution in [0.25, 0.3) is 0 Å². The third kappa shape index (κ3) is 4.78. The van der Waals surface area contributed by atoms with E-state index in [1.165, 1.54) is 18.0 Å². The molecule has 2 heteroatoms. The second-order valence-corrected chi connectivity index (χ2v) is 5.46. The van der Waals surface area contributed by atoms with Crippen LogP contribution in [0.5, 0.6) is 0 Å². The lowest BCUT2D eigenvalue weighted by molar-refractivity contribution is 0.353. The molecule has 0 saturated carbocycles. The van der Waals surface area contributed by atoms with Crippen molar-refractivity contribution >= 4 is 18.7 Å². The van der Waals surface area contributed by atoms with Gasteiger partial charge in [0.05, 0.1) is 0 Å². The van der Waals surface area contributed by atoms with Gasteiger partial charge in [0.2, 0.25) is 0 Å². The molecule has 2 radical (unpaired) electrons. The second-order valence-electron chi connectivity index (χ2n) is 4.62. The van der Waals surface area contributed by atoms with Gasteiger partial charge in [0.1, 0.15) is 0 Å². The highest BCUT2D eigenvalue weighted by molar-refractivity contribution is 8.20. The Morgan fingerprint density at radius 3 is 1.82 bits per heavy atom. The first-order valence-electron chi connectivity index (χ1n) is 4.23. The molecule has 1 unspecified atom stereocenters. The maximum absolute atomic E-state index is 5.62. The predicted molar refractivity (Wildman–Crippen MR) is 56.0 cm³/mol. The van der Waals surface area contributed by atoms with Gasteiger partial charge in [-0.3, -0.25) is 0 Å². The zero-order valence-corrected chi connectivity index (χ0v) is 9.16. The zero-order chi connectivity index (χ0) is 9.07. The molecule has 0 aliphatic rings. The SMILES string of the molecule is [B]SC(CC(C)C)C(C)(C)C. The van der Waals surface area contributed by atoms with Gasteiger partial charge in [-0.05, 0) is 23.0 Å². The standard InChI is InChI=1S/C9H19BS/c1-7(2)6-8(11-10)9(3,4)5/h7-8H,6H2,1-5H3. The van der Waals surface area contributed by atoms with Gasteiger partial charge in [-0.25, -0.2) is 11.6 Å². The van der Waals surface area contributed by atoms with Gasteiger partial charge in [0.15, 0.2) is 7.12 Å². The third-order valence-corrected chi connectivity index (χ3v) is 3.04. The van der Waals surface area contributed by atoms with E-state index in [0.717, 1.165) is 5.92 Å². The molecule has 64 valence electrons. The molecule has 0 bridgehead atoms. The summed E-state index contributed by atoms with van der Waals surface area (Å²) in [5.41, 5.74) is 0.337. The van der Waals surface area contributed by atoms with Crippen LogP contribution in [0.4, 0.5) is 0 Å². The third-order valence-electron chi connectivity index (χ3n) is 1.82. The lowest BCUT2D eigenvalue weighted by Gasteiger charge is -2.31. The van der Waals surface area contributed by atoms with Gasteiger partial charge in [-0.15, -0.1) is 0 Å². The van der Waals surface area contributed by atoms with E-state index in [9.17, 15) is 0 Å². The minimum Gasteiger partial charge on any atom is -0.223 e. The summed E-state index contributed by atoms with van der Waals surface area (Å²) in [5, 5.41) is 0.586. The van der Waals surface area contributed by atoms with Crippen LogP contribution in [0, 0.1) is 11.3 Å². The zero-order valence-electron chi connectivity index (χ0n) is 8.35. The summed E-state index contributed by atoms with van der Waals surface area (Å²) in [7, 11) is 5.62. The van der Waals surface area contributed by atoms with Crippen LogP contribution in [0.1, 0.15) is 41.0 Å².